The van der Waals surface area contributed by atoms with Gasteiger partial charge in [0.25, 0.3) is 0 Å². The van der Waals surface area contributed by atoms with E-state index in [2.05, 4.69) is 5.32 Å². The van der Waals surface area contributed by atoms with Gasteiger partial charge in [-0.05, 0) is 25.5 Å². The molecule has 0 saturated carbocycles. The number of rotatable bonds is 9. The highest BCUT2D eigenvalue weighted by Crippen LogP contribution is 2.27. The van der Waals surface area contributed by atoms with E-state index >= 15 is 0 Å². The van der Waals surface area contributed by atoms with Crippen molar-refractivity contribution in [2.45, 2.75) is 25.5 Å². The lowest BCUT2D eigenvalue weighted by Crippen LogP contribution is -2.37. The zero-order valence-electron chi connectivity index (χ0n) is 11.7. The van der Waals surface area contributed by atoms with Crippen LogP contribution in [-0.2, 0) is 4.74 Å². The van der Waals surface area contributed by atoms with Gasteiger partial charge in [-0.25, -0.2) is 0 Å². The van der Waals surface area contributed by atoms with Gasteiger partial charge < -0.3 is 19.9 Å². The molecule has 4 nitrogen and oxygen atoms in total. The summed E-state index contributed by atoms with van der Waals surface area (Å²) in [5.41, 5.74) is 0. The van der Waals surface area contributed by atoms with E-state index in [4.69, 9.17) is 32.7 Å². The number of halogens is 2. The molecule has 0 heterocycles. The minimum Gasteiger partial charge on any atom is -0.489 e. The Morgan fingerprint density at radius 2 is 2.10 bits per heavy atom. The summed E-state index contributed by atoms with van der Waals surface area (Å²) in [6.45, 7) is 3.34. The minimum absolute atomic E-state index is 0.157. The first kappa shape index (κ1) is 17.5. The van der Waals surface area contributed by atoms with Gasteiger partial charge in [-0.15, -0.1) is 0 Å². The standard InChI is InChI=1S/C14H21Cl2NO3/c1-10(5-6-19-2)17-8-12(18)9-20-14-7-11(15)3-4-13(14)16/h3-4,7,10,12,17-18H,5-6,8-9H2,1-2H3. The number of nitrogens with one attached hydrogen (secondary N) is 1. The quantitative estimate of drug-likeness (QED) is 0.734. The van der Waals surface area contributed by atoms with Gasteiger partial charge in [0.15, 0.2) is 0 Å². The van der Waals surface area contributed by atoms with Crippen LogP contribution in [-0.4, -0.2) is 44.1 Å². The highest BCUT2D eigenvalue weighted by molar-refractivity contribution is 6.34. The van der Waals surface area contributed by atoms with E-state index < -0.39 is 6.10 Å². The van der Waals surface area contributed by atoms with Crippen LogP contribution >= 0.6 is 23.2 Å². The summed E-state index contributed by atoms with van der Waals surface area (Å²) >= 11 is 11.8. The maximum absolute atomic E-state index is 9.85. The molecule has 6 heteroatoms. The van der Waals surface area contributed by atoms with Crippen LogP contribution in [0.15, 0.2) is 18.2 Å². The van der Waals surface area contributed by atoms with E-state index in [1.807, 2.05) is 6.92 Å². The third kappa shape index (κ3) is 6.77. The largest absolute Gasteiger partial charge is 0.489 e. The smallest absolute Gasteiger partial charge is 0.139 e. The molecule has 0 aliphatic carbocycles. The molecule has 0 amide bonds. The van der Waals surface area contributed by atoms with Gasteiger partial charge in [0.2, 0.25) is 0 Å². The molecule has 0 bridgehead atoms. The van der Waals surface area contributed by atoms with E-state index in [9.17, 15) is 5.11 Å². The lowest BCUT2D eigenvalue weighted by atomic mass is 10.2. The Morgan fingerprint density at radius 3 is 2.80 bits per heavy atom. The van der Waals surface area contributed by atoms with Gasteiger partial charge >= 0.3 is 0 Å². The average molecular weight is 322 g/mol. The van der Waals surface area contributed by atoms with E-state index in [-0.39, 0.29) is 12.6 Å². The van der Waals surface area contributed by atoms with Crippen molar-refractivity contribution in [2.24, 2.45) is 0 Å². The highest BCUT2D eigenvalue weighted by atomic mass is 35.5. The van der Waals surface area contributed by atoms with Gasteiger partial charge in [0, 0.05) is 37.4 Å². The zero-order chi connectivity index (χ0) is 15.0. The second-order valence-corrected chi connectivity index (χ2v) is 5.47. The summed E-state index contributed by atoms with van der Waals surface area (Å²) < 4.78 is 10.5. The van der Waals surface area contributed by atoms with Crippen LogP contribution in [0.4, 0.5) is 0 Å². The van der Waals surface area contributed by atoms with E-state index in [0.29, 0.717) is 28.9 Å². The number of hydrogen-bond donors (Lipinski definition) is 2. The summed E-state index contributed by atoms with van der Waals surface area (Å²) in [6.07, 6.45) is 0.277. The lowest BCUT2D eigenvalue weighted by molar-refractivity contribution is 0.102. The molecule has 0 spiro atoms. The van der Waals surface area contributed by atoms with Crippen molar-refractivity contribution in [3.05, 3.63) is 28.2 Å². The number of hydrogen-bond acceptors (Lipinski definition) is 4. The average Bonchev–Trinajstić information content (AvgIpc) is 2.43. The Hall–Kier alpha value is -0.520. The summed E-state index contributed by atoms with van der Waals surface area (Å²) in [4.78, 5) is 0. The van der Waals surface area contributed by atoms with E-state index in [1.54, 1.807) is 25.3 Å². The van der Waals surface area contributed by atoms with Crippen LogP contribution in [0, 0.1) is 0 Å². The van der Waals surface area contributed by atoms with Gasteiger partial charge in [-0.3, -0.25) is 0 Å². The van der Waals surface area contributed by atoms with Crippen molar-refractivity contribution in [2.75, 3.05) is 26.9 Å². The number of methoxy groups -OCH3 is 1. The van der Waals surface area contributed by atoms with Crippen molar-refractivity contribution in [1.82, 2.24) is 5.32 Å². The third-order valence-corrected chi connectivity index (χ3v) is 3.33. The molecule has 0 radical (unpaired) electrons. The first-order valence-corrected chi connectivity index (χ1v) is 7.26. The molecule has 1 aromatic rings. The van der Waals surface area contributed by atoms with Crippen LogP contribution in [0.25, 0.3) is 0 Å². The van der Waals surface area contributed by atoms with Crippen LogP contribution < -0.4 is 10.1 Å². The Labute approximate surface area is 130 Å². The topological polar surface area (TPSA) is 50.7 Å². The number of ether oxygens (including phenoxy) is 2. The number of aliphatic hydroxyl groups is 1. The Balaban J connectivity index is 2.29. The fourth-order valence-corrected chi connectivity index (χ4v) is 1.90. The summed E-state index contributed by atoms with van der Waals surface area (Å²) in [5, 5.41) is 14.1. The molecular formula is C14H21Cl2NO3. The normalized spacial score (nSPS) is 14.1. The van der Waals surface area contributed by atoms with Crippen molar-refractivity contribution in [1.29, 1.82) is 0 Å². The maximum Gasteiger partial charge on any atom is 0.139 e. The molecule has 0 aliphatic heterocycles. The SMILES string of the molecule is COCCC(C)NCC(O)COc1cc(Cl)ccc1Cl. The first-order valence-electron chi connectivity index (χ1n) is 6.51. The summed E-state index contributed by atoms with van der Waals surface area (Å²) in [5.74, 6) is 0.477. The lowest BCUT2D eigenvalue weighted by Gasteiger charge is -2.17. The van der Waals surface area contributed by atoms with Crippen molar-refractivity contribution in [3.8, 4) is 5.75 Å². The molecule has 0 saturated heterocycles. The predicted molar refractivity (Wildman–Crippen MR) is 81.9 cm³/mol. The van der Waals surface area contributed by atoms with E-state index in [1.165, 1.54) is 0 Å². The van der Waals surface area contributed by atoms with Crippen LogP contribution in [0.2, 0.25) is 10.0 Å². The molecule has 2 atom stereocenters. The third-order valence-electron chi connectivity index (χ3n) is 2.78. The van der Waals surface area contributed by atoms with Gasteiger partial charge in [-0.2, -0.15) is 0 Å². The second kappa shape index (κ2) is 9.42. The molecular weight excluding hydrogens is 301 g/mol. The monoisotopic (exact) mass is 321 g/mol. The molecule has 0 fully saturated rings. The van der Waals surface area contributed by atoms with Crippen molar-refractivity contribution < 1.29 is 14.6 Å². The Morgan fingerprint density at radius 1 is 1.35 bits per heavy atom. The van der Waals surface area contributed by atoms with Gasteiger partial charge in [0.1, 0.15) is 18.5 Å². The van der Waals surface area contributed by atoms with Crippen molar-refractivity contribution >= 4 is 23.2 Å². The summed E-state index contributed by atoms with van der Waals surface area (Å²) in [6, 6.07) is 5.26. The number of aliphatic hydroxyl groups excluding tert-OH is 1. The molecule has 2 unspecified atom stereocenters. The molecule has 1 rings (SSSR count). The maximum atomic E-state index is 9.85. The molecule has 20 heavy (non-hydrogen) atoms. The van der Waals surface area contributed by atoms with Crippen LogP contribution in [0.1, 0.15) is 13.3 Å². The zero-order valence-corrected chi connectivity index (χ0v) is 13.2. The molecule has 2 N–H and O–H groups in total. The van der Waals surface area contributed by atoms with Crippen LogP contribution in [0.5, 0.6) is 5.75 Å². The first-order chi connectivity index (χ1) is 9.52. The van der Waals surface area contributed by atoms with Crippen molar-refractivity contribution in [3.63, 3.8) is 0 Å². The molecule has 0 aliphatic rings. The van der Waals surface area contributed by atoms with Crippen LogP contribution in [0.3, 0.4) is 0 Å². The Bertz CT molecular complexity index is 404. The van der Waals surface area contributed by atoms with Gasteiger partial charge in [0.05, 0.1) is 5.02 Å². The molecule has 0 aromatic heterocycles. The molecule has 1 aromatic carbocycles. The fraction of sp³-hybridized carbons (Fsp3) is 0.571. The van der Waals surface area contributed by atoms with E-state index in [0.717, 1.165) is 6.42 Å². The predicted octanol–water partition coefficient (Wildman–Crippen LogP) is 2.75. The fourth-order valence-electron chi connectivity index (χ4n) is 1.57. The second-order valence-electron chi connectivity index (χ2n) is 4.63. The summed E-state index contributed by atoms with van der Waals surface area (Å²) in [7, 11) is 1.67. The highest BCUT2D eigenvalue weighted by Gasteiger charge is 2.09. The van der Waals surface area contributed by atoms with Gasteiger partial charge in [-0.1, -0.05) is 23.2 Å². The number of benzene rings is 1. The Kier molecular flexibility index (Phi) is 8.26. The molecule has 114 valence electrons. The minimum atomic E-state index is -0.616.